The van der Waals surface area contributed by atoms with Gasteiger partial charge in [-0.15, -0.1) is 0 Å². The third-order valence-corrected chi connectivity index (χ3v) is 5.99. The minimum atomic E-state index is -2.99. The maximum Gasteiger partial charge on any atom is 0.178 e. The van der Waals surface area contributed by atoms with Gasteiger partial charge in [0.1, 0.15) is 5.82 Å². The molecule has 1 aromatic heterocycles. The molecule has 0 bridgehead atoms. The Bertz CT molecular complexity index is 825. The fourth-order valence-electron chi connectivity index (χ4n) is 2.46. The largest absolute Gasteiger partial charge is 0.330 e. The van der Waals surface area contributed by atoms with Gasteiger partial charge in [0, 0.05) is 6.07 Å². The van der Waals surface area contributed by atoms with Gasteiger partial charge in [-0.2, -0.15) is 0 Å². The number of halogens is 2. The molecule has 0 saturated carbocycles. The van der Waals surface area contributed by atoms with E-state index in [1.807, 2.05) is 0 Å². The van der Waals surface area contributed by atoms with Crippen molar-refractivity contribution >= 4 is 49.0 Å². The Morgan fingerprint density at radius 3 is 2.84 bits per heavy atom. The quantitative estimate of drug-likeness (QED) is 0.791. The van der Waals surface area contributed by atoms with E-state index in [9.17, 15) is 12.8 Å². The van der Waals surface area contributed by atoms with Gasteiger partial charge in [0.15, 0.2) is 14.6 Å². The number of nitrogens with zero attached hydrogens (tertiary/aromatic N) is 1. The smallest absolute Gasteiger partial charge is 0.178 e. The first-order valence-electron chi connectivity index (χ1n) is 5.67. The van der Waals surface area contributed by atoms with Gasteiger partial charge in [-0.25, -0.2) is 12.8 Å². The fraction of sp³-hybridized carbons (Fsp3) is 0.364. The Kier molecular flexibility index (Phi) is 3.06. The first kappa shape index (κ1) is 13.3. The monoisotopic (exact) mass is 364 g/mol. The van der Waals surface area contributed by atoms with Crippen molar-refractivity contribution in [1.29, 1.82) is 0 Å². The summed E-state index contributed by atoms with van der Waals surface area (Å²) in [7, 11) is -2.99. The lowest BCUT2D eigenvalue weighted by atomic mass is 10.2. The Morgan fingerprint density at radius 2 is 2.21 bits per heavy atom. The highest BCUT2D eigenvalue weighted by Gasteiger charge is 2.30. The van der Waals surface area contributed by atoms with E-state index >= 15 is 0 Å². The Labute approximate surface area is 122 Å². The summed E-state index contributed by atoms with van der Waals surface area (Å²) in [6.45, 7) is 0. The normalized spacial score (nSPS) is 22.1. The predicted octanol–water partition coefficient (Wildman–Crippen LogP) is 2.96. The number of hydrogen-bond acceptors (Lipinski definition) is 3. The highest BCUT2D eigenvalue weighted by Crippen LogP contribution is 2.30. The van der Waals surface area contributed by atoms with Gasteiger partial charge in [-0.05, 0) is 40.6 Å². The molecule has 0 radical (unpaired) electrons. The minimum Gasteiger partial charge on any atom is -0.330 e. The molecule has 0 aliphatic carbocycles. The number of H-pyrrole nitrogens is 1. The van der Waals surface area contributed by atoms with Gasteiger partial charge in [0.25, 0.3) is 0 Å². The summed E-state index contributed by atoms with van der Waals surface area (Å²) in [5.41, 5.74) is 1.30. The standard InChI is InChI=1S/C11H10BrFN2O2S2/c12-7-3-10-9(4-8(7)13)14-11(18)15(10)6-1-2-19(16,17)5-6/h3-4,6H,1-2,5H2,(H,14,18). The van der Waals surface area contributed by atoms with Crippen LogP contribution in [0.3, 0.4) is 0 Å². The summed E-state index contributed by atoms with van der Waals surface area (Å²) in [4.78, 5) is 2.92. The molecule has 2 heterocycles. The second kappa shape index (κ2) is 4.39. The maximum atomic E-state index is 13.5. The number of benzene rings is 1. The summed E-state index contributed by atoms with van der Waals surface area (Å²) in [5, 5.41) is 0. The molecule has 1 N–H and O–H groups in total. The van der Waals surface area contributed by atoms with Crippen molar-refractivity contribution < 1.29 is 12.8 Å². The second-order valence-electron chi connectivity index (χ2n) is 4.64. The summed E-state index contributed by atoms with van der Waals surface area (Å²) in [6.07, 6.45) is 0.540. The summed E-state index contributed by atoms with van der Waals surface area (Å²) in [5.74, 6) is -0.118. The van der Waals surface area contributed by atoms with Crippen molar-refractivity contribution in [3.8, 4) is 0 Å². The Hall–Kier alpha value is -0.730. The lowest BCUT2D eigenvalue weighted by Gasteiger charge is -2.11. The molecule has 2 aromatic rings. The molecule has 1 aliphatic heterocycles. The molecule has 1 unspecified atom stereocenters. The summed E-state index contributed by atoms with van der Waals surface area (Å²) < 4.78 is 39.2. The predicted molar refractivity (Wildman–Crippen MR) is 77.1 cm³/mol. The Morgan fingerprint density at radius 1 is 1.47 bits per heavy atom. The Balaban J connectivity index is 2.22. The molecule has 1 aromatic carbocycles. The van der Waals surface area contributed by atoms with Gasteiger partial charge in [0.2, 0.25) is 0 Å². The van der Waals surface area contributed by atoms with E-state index in [1.54, 1.807) is 10.6 Å². The third kappa shape index (κ3) is 2.25. The van der Waals surface area contributed by atoms with Crippen LogP contribution in [0.15, 0.2) is 16.6 Å². The van der Waals surface area contributed by atoms with Gasteiger partial charge in [0.05, 0.1) is 33.1 Å². The zero-order valence-corrected chi connectivity index (χ0v) is 12.9. The molecule has 8 heteroatoms. The lowest BCUT2D eigenvalue weighted by Crippen LogP contribution is -2.11. The van der Waals surface area contributed by atoms with E-state index < -0.39 is 9.84 Å². The van der Waals surface area contributed by atoms with Crippen LogP contribution in [0.4, 0.5) is 4.39 Å². The SMILES string of the molecule is O=S1(=O)CCC(n2c(=S)[nH]c3cc(F)c(Br)cc32)C1. The van der Waals surface area contributed by atoms with Crippen LogP contribution in [-0.4, -0.2) is 29.5 Å². The van der Waals surface area contributed by atoms with Crippen LogP contribution < -0.4 is 0 Å². The molecule has 0 spiro atoms. The van der Waals surface area contributed by atoms with Crippen LogP contribution >= 0.6 is 28.1 Å². The van der Waals surface area contributed by atoms with E-state index in [2.05, 4.69) is 20.9 Å². The van der Waals surface area contributed by atoms with Gasteiger partial charge in [-0.1, -0.05) is 0 Å². The van der Waals surface area contributed by atoms with Crippen molar-refractivity contribution in [2.45, 2.75) is 12.5 Å². The van der Waals surface area contributed by atoms with Crippen molar-refractivity contribution in [2.24, 2.45) is 0 Å². The maximum absolute atomic E-state index is 13.5. The lowest BCUT2D eigenvalue weighted by molar-refractivity contribution is 0.562. The zero-order chi connectivity index (χ0) is 13.8. The molecule has 1 atom stereocenters. The minimum absolute atomic E-state index is 0.0866. The molecule has 102 valence electrons. The molecular formula is C11H10BrFN2O2S2. The topological polar surface area (TPSA) is 54.9 Å². The highest BCUT2D eigenvalue weighted by molar-refractivity contribution is 9.10. The molecule has 1 aliphatic rings. The molecule has 19 heavy (non-hydrogen) atoms. The molecule has 1 saturated heterocycles. The van der Waals surface area contributed by atoms with Crippen LogP contribution in [0.5, 0.6) is 0 Å². The number of aromatic amines is 1. The first-order valence-corrected chi connectivity index (χ1v) is 8.69. The molecule has 1 fully saturated rings. The number of fused-ring (bicyclic) bond motifs is 1. The summed E-state index contributed by atoms with van der Waals surface area (Å²) in [6, 6.07) is 2.81. The number of hydrogen-bond donors (Lipinski definition) is 1. The highest BCUT2D eigenvalue weighted by atomic mass is 79.9. The van der Waals surface area contributed by atoms with Crippen molar-refractivity contribution in [1.82, 2.24) is 9.55 Å². The van der Waals surface area contributed by atoms with Gasteiger partial charge in [-0.3, -0.25) is 0 Å². The third-order valence-electron chi connectivity index (χ3n) is 3.33. The van der Waals surface area contributed by atoms with E-state index in [0.29, 0.717) is 21.2 Å². The van der Waals surface area contributed by atoms with Crippen LogP contribution in [-0.2, 0) is 9.84 Å². The zero-order valence-electron chi connectivity index (χ0n) is 9.69. The number of sulfone groups is 1. The van der Waals surface area contributed by atoms with Crippen LogP contribution in [0.2, 0.25) is 0 Å². The second-order valence-corrected chi connectivity index (χ2v) is 8.11. The molecule has 0 amide bonds. The van der Waals surface area contributed by atoms with Crippen LogP contribution in [0, 0.1) is 10.6 Å². The van der Waals surface area contributed by atoms with Crippen molar-refractivity contribution in [3.63, 3.8) is 0 Å². The van der Waals surface area contributed by atoms with E-state index in [1.165, 1.54) is 6.07 Å². The van der Waals surface area contributed by atoms with Gasteiger partial charge < -0.3 is 9.55 Å². The van der Waals surface area contributed by atoms with Crippen molar-refractivity contribution in [2.75, 3.05) is 11.5 Å². The average molecular weight is 365 g/mol. The summed E-state index contributed by atoms with van der Waals surface area (Å²) >= 11 is 8.36. The first-order chi connectivity index (χ1) is 8.87. The molecule has 4 nitrogen and oxygen atoms in total. The number of nitrogens with one attached hydrogen (secondary N) is 1. The van der Waals surface area contributed by atoms with E-state index in [-0.39, 0.29) is 23.4 Å². The molecule has 3 rings (SSSR count). The molecular weight excluding hydrogens is 355 g/mol. The fourth-order valence-corrected chi connectivity index (χ4v) is 4.85. The number of imidazole rings is 1. The van der Waals surface area contributed by atoms with Crippen molar-refractivity contribution in [3.05, 3.63) is 27.2 Å². The average Bonchev–Trinajstić information content (AvgIpc) is 2.79. The van der Waals surface area contributed by atoms with E-state index in [0.717, 1.165) is 5.52 Å². The van der Waals surface area contributed by atoms with Crippen LogP contribution in [0.1, 0.15) is 12.5 Å². The number of rotatable bonds is 1. The number of aromatic nitrogens is 2. The van der Waals surface area contributed by atoms with Gasteiger partial charge >= 0.3 is 0 Å². The van der Waals surface area contributed by atoms with Crippen LogP contribution in [0.25, 0.3) is 11.0 Å². The van der Waals surface area contributed by atoms with E-state index in [4.69, 9.17) is 12.2 Å².